The molecule has 3 nitrogen and oxygen atoms in total. The Morgan fingerprint density at radius 2 is 2.16 bits per heavy atom. The Labute approximate surface area is 123 Å². The van der Waals surface area contributed by atoms with Gasteiger partial charge in [-0.15, -0.1) is 10.2 Å². The Hall–Kier alpha value is -0.970. The van der Waals surface area contributed by atoms with E-state index in [-0.39, 0.29) is 0 Å². The normalized spacial score (nSPS) is 10.8. The molecular weight excluding hydrogens is 278 g/mol. The van der Waals surface area contributed by atoms with E-state index >= 15 is 0 Å². The van der Waals surface area contributed by atoms with Crippen molar-refractivity contribution in [2.75, 3.05) is 13.1 Å². The molecule has 0 saturated carbocycles. The predicted molar refractivity (Wildman–Crippen MR) is 81.8 cm³/mol. The van der Waals surface area contributed by atoms with Crippen molar-refractivity contribution in [2.24, 2.45) is 0 Å². The number of aryl methyl sites for hydroxylation is 1. The van der Waals surface area contributed by atoms with Gasteiger partial charge < -0.3 is 5.32 Å². The zero-order valence-corrected chi connectivity index (χ0v) is 12.6. The van der Waals surface area contributed by atoms with E-state index in [4.69, 9.17) is 11.6 Å². The molecule has 0 spiro atoms. The second kappa shape index (κ2) is 7.58. The third-order valence-corrected chi connectivity index (χ3v) is 3.98. The van der Waals surface area contributed by atoms with Crippen molar-refractivity contribution in [1.82, 2.24) is 15.5 Å². The molecule has 0 amide bonds. The van der Waals surface area contributed by atoms with Crippen LogP contribution < -0.4 is 5.32 Å². The molecule has 0 unspecified atom stereocenters. The average molecular weight is 296 g/mol. The van der Waals surface area contributed by atoms with Crippen molar-refractivity contribution in [3.05, 3.63) is 34.3 Å². The zero-order valence-electron chi connectivity index (χ0n) is 11.0. The van der Waals surface area contributed by atoms with Crippen molar-refractivity contribution < 1.29 is 0 Å². The molecule has 0 radical (unpaired) electrons. The number of aromatic nitrogens is 2. The molecule has 0 aliphatic heterocycles. The fourth-order valence-electron chi connectivity index (χ4n) is 1.76. The molecule has 0 aliphatic rings. The molecule has 0 fully saturated rings. The summed E-state index contributed by atoms with van der Waals surface area (Å²) in [5.41, 5.74) is 1.04. The minimum atomic E-state index is 0.734. The van der Waals surface area contributed by atoms with Crippen LogP contribution in [-0.2, 0) is 6.42 Å². The second-order valence-electron chi connectivity index (χ2n) is 4.36. The first-order chi connectivity index (χ1) is 9.29. The first-order valence-corrected chi connectivity index (χ1v) is 7.78. The minimum absolute atomic E-state index is 0.734. The third kappa shape index (κ3) is 4.56. The topological polar surface area (TPSA) is 37.8 Å². The quantitative estimate of drug-likeness (QED) is 0.790. The van der Waals surface area contributed by atoms with Crippen LogP contribution in [0.25, 0.3) is 10.6 Å². The molecule has 102 valence electrons. The van der Waals surface area contributed by atoms with Gasteiger partial charge in [0.15, 0.2) is 0 Å². The number of rotatable bonds is 7. The Balaban J connectivity index is 1.88. The van der Waals surface area contributed by atoms with E-state index < -0.39 is 0 Å². The molecule has 1 aromatic heterocycles. The number of nitrogens with one attached hydrogen (secondary N) is 1. The van der Waals surface area contributed by atoms with Crippen molar-refractivity contribution >= 4 is 22.9 Å². The van der Waals surface area contributed by atoms with Crippen LogP contribution in [0.2, 0.25) is 5.02 Å². The van der Waals surface area contributed by atoms with Crippen molar-refractivity contribution in [3.8, 4) is 10.6 Å². The average Bonchev–Trinajstić information content (AvgIpc) is 2.87. The number of hydrogen-bond donors (Lipinski definition) is 1. The van der Waals surface area contributed by atoms with Crippen molar-refractivity contribution in [3.63, 3.8) is 0 Å². The summed E-state index contributed by atoms with van der Waals surface area (Å²) in [6.45, 7) is 4.30. The highest BCUT2D eigenvalue weighted by Crippen LogP contribution is 2.26. The van der Waals surface area contributed by atoms with E-state index in [0.717, 1.165) is 46.5 Å². The zero-order chi connectivity index (χ0) is 13.5. The standard InChI is InChI=1S/C14H18ClN3S/c1-2-8-16-9-4-7-13-17-18-14(19-13)11-5-3-6-12(15)10-11/h3,5-6,10,16H,2,4,7-9H2,1H3. The number of hydrogen-bond acceptors (Lipinski definition) is 4. The maximum Gasteiger partial charge on any atom is 0.147 e. The lowest BCUT2D eigenvalue weighted by atomic mass is 10.2. The molecule has 2 rings (SSSR count). The van der Waals surface area contributed by atoms with E-state index in [1.807, 2.05) is 24.3 Å². The van der Waals surface area contributed by atoms with Gasteiger partial charge in [0.1, 0.15) is 10.0 Å². The number of nitrogens with zero attached hydrogens (tertiary/aromatic N) is 2. The Morgan fingerprint density at radius 3 is 2.95 bits per heavy atom. The van der Waals surface area contributed by atoms with Gasteiger partial charge in [0, 0.05) is 17.0 Å². The maximum atomic E-state index is 5.98. The summed E-state index contributed by atoms with van der Waals surface area (Å²) in [4.78, 5) is 0. The fourth-order valence-corrected chi connectivity index (χ4v) is 2.83. The molecule has 1 heterocycles. The second-order valence-corrected chi connectivity index (χ2v) is 5.86. The third-order valence-electron chi connectivity index (χ3n) is 2.71. The van der Waals surface area contributed by atoms with Gasteiger partial charge in [0.2, 0.25) is 0 Å². The van der Waals surface area contributed by atoms with Gasteiger partial charge in [-0.3, -0.25) is 0 Å². The Kier molecular flexibility index (Phi) is 5.76. The largest absolute Gasteiger partial charge is 0.317 e. The number of halogens is 1. The summed E-state index contributed by atoms with van der Waals surface area (Å²) in [5, 5.41) is 14.6. The molecule has 2 aromatic rings. The van der Waals surface area contributed by atoms with Crippen molar-refractivity contribution in [2.45, 2.75) is 26.2 Å². The number of benzene rings is 1. The van der Waals surface area contributed by atoms with Gasteiger partial charge in [-0.25, -0.2) is 0 Å². The van der Waals surface area contributed by atoms with Gasteiger partial charge >= 0.3 is 0 Å². The predicted octanol–water partition coefficient (Wildman–Crippen LogP) is 3.79. The molecule has 0 aliphatic carbocycles. The lowest BCUT2D eigenvalue weighted by Gasteiger charge is -2.00. The molecular formula is C14H18ClN3S. The van der Waals surface area contributed by atoms with Crippen LogP contribution in [-0.4, -0.2) is 23.3 Å². The van der Waals surface area contributed by atoms with Crippen LogP contribution >= 0.6 is 22.9 Å². The minimum Gasteiger partial charge on any atom is -0.317 e. The highest BCUT2D eigenvalue weighted by Gasteiger charge is 2.06. The van der Waals surface area contributed by atoms with Crippen LogP contribution in [0.15, 0.2) is 24.3 Å². The van der Waals surface area contributed by atoms with Crippen LogP contribution in [0.5, 0.6) is 0 Å². The summed E-state index contributed by atoms with van der Waals surface area (Å²) in [5.74, 6) is 0. The molecule has 0 saturated heterocycles. The highest BCUT2D eigenvalue weighted by molar-refractivity contribution is 7.14. The highest BCUT2D eigenvalue weighted by atomic mass is 35.5. The van der Waals surface area contributed by atoms with Crippen LogP contribution in [0.4, 0.5) is 0 Å². The molecule has 1 aromatic carbocycles. The first kappa shape index (κ1) is 14.4. The van der Waals surface area contributed by atoms with E-state index in [1.54, 1.807) is 11.3 Å². The van der Waals surface area contributed by atoms with Gasteiger partial charge in [0.25, 0.3) is 0 Å². The summed E-state index contributed by atoms with van der Waals surface area (Å²) in [6, 6.07) is 7.74. The maximum absolute atomic E-state index is 5.98. The lowest BCUT2D eigenvalue weighted by molar-refractivity contribution is 0.637. The summed E-state index contributed by atoms with van der Waals surface area (Å²) >= 11 is 7.63. The van der Waals surface area contributed by atoms with Crippen LogP contribution in [0.1, 0.15) is 24.8 Å². The van der Waals surface area contributed by atoms with Crippen molar-refractivity contribution in [1.29, 1.82) is 0 Å². The monoisotopic (exact) mass is 295 g/mol. The van der Waals surface area contributed by atoms with E-state index in [0.29, 0.717) is 0 Å². The van der Waals surface area contributed by atoms with Crippen LogP contribution in [0, 0.1) is 0 Å². The fraction of sp³-hybridized carbons (Fsp3) is 0.429. The van der Waals surface area contributed by atoms with Gasteiger partial charge in [-0.2, -0.15) is 0 Å². The van der Waals surface area contributed by atoms with Gasteiger partial charge in [-0.1, -0.05) is 42.0 Å². The summed E-state index contributed by atoms with van der Waals surface area (Å²) < 4.78 is 0. The molecule has 5 heteroatoms. The van der Waals surface area contributed by atoms with Crippen LogP contribution in [0.3, 0.4) is 0 Å². The summed E-state index contributed by atoms with van der Waals surface area (Å²) in [6.07, 6.45) is 3.26. The molecule has 0 bridgehead atoms. The van der Waals surface area contributed by atoms with Gasteiger partial charge in [-0.05, 0) is 38.1 Å². The Bertz CT molecular complexity index is 513. The molecule has 19 heavy (non-hydrogen) atoms. The first-order valence-electron chi connectivity index (χ1n) is 6.58. The van der Waals surface area contributed by atoms with E-state index in [9.17, 15) is 0 Å². The molecule has 0 atom stereocenters. The SMILES string of the molecule is CCCNCCCc1nnc(-c2cccc(Cl)c2)s1. The summed E-state index contributed by atoms with van der Waals surface area (Å²) in [7, 11) is 0. The molecule has 1 N–H and O–H groups in total. The smallest absolute Gasteiger partial charge is 0.147 e. The van der Waals surface area contributed by atoms with Gasteiger partial charge in [0.05, 0.1) is 0 Å². The lowest BCUT2D eigenvalue weighted by Crippen LogP contribution is -2.16. The van der Waals surface area contributed by atoms with E-state index in [2.05, 4.69) is 22.4 Å². The van der Waals surface area contributed by atoms with E-state index in [1.165, 1.54) is 6.42 Å². The Morgan fingerprint density at radius 1 is 1.26 bits per heavy atom.